The Morgan fingerprint density at radius 3 is 2.43 bits per heavy atom. The number of anilines is 8. The van der Waals surface area contributed by atoms with Gasteiger partial charge in [0, 0.05) is 111 Å². The molecule has 0 radical (unpaired) electrons. The molecule has 4 aromatic heterocycles. The van der Waals surface area contributed by atoms with Gasteiger partial charge in [-0.15, -0.1) is 0 Å². The number of nitrogens with zero attached hydrogens (tertiary/aromatic N) is 11. The molecule has 5 aliphatic heterocycles. The van der Waals surface area contributed by atoms with Crippen LogP contribution in [0.3, 0.4) is 0 Å². The van der Waals surface area contributed by atoms with Crippen LogP contribution in [-0.2, 0) is 35.5 Å². The first-order valence-corrected chi connectivity index (χ1v) is 28.1. The highest BCUT2D eigenvalue weighted by Crippen LogP contribution is 2.42. The van der Waals surface area contributed by atoms with Crippen molar-refractivity contribution in [2.45, 2.75) is 97.6 Å². The molecule has 81 heavy (non-hydrogen) atoms. The summed E-state index contributed by atoms with van der Waals surface area (Å²) in [6.07, 6.45) is 9.80. The number of ether oxygens (including phenoxy) is 2. The fourth-order valence-electron chi connectivity index (χ4n) is 13.2. The van der Waals surface area contributed by atoms with E-state index in [0.29, 0.717) is 107 Å². The van der Waals surface area contributed by atoms with Gasteiger partial charge < -0.3 is 44.5 Å². The molecule has 1 unspecified atom stereocenters. The highest BCUT2D eigenvalue weighted by molar-refractivity contribution is 6.34. The number of hydrogen-bond acceptors (Lipinski definition) is 16. The van der Waals surface area contributed by atoms with Crippen LogP contribution >= 0.6 is 0 Å². The van der Waals surface area contributed by atoms with Crippen LogP contribution in [0.2, 0.25) is 0 Å². The Balaban J connectivity index is 0.717. The predicted octanol–water partition coefficient (Wildman–Crippen LogP) is 7.48. The van der Waals surface area contributed by atoms with Crippen molar-refractivity contribution < 1.29 is 33.8 Å². The zero-order valence-electron chi connectivity index (χ0n) is 46.8. The Morgan fingerprint density at radius 2 is 1.65 bits per heavy atom. The first kappa shape index (κ1) is 53.4. The maximum atomic E-state index is 14.1. The summed E-state index contributed by atoms with van der Waals surface area (Å²) in [7, 11) is 1.51. The number of pyridine rings is 2. The Labute approximate surface area is 471 Å². The van der Waals surface area contributed by atoms with Crippen molar-refractivity contribution in [1.29, 1.82) is 0 Å². The summed E-state index contributed by atoms with van der Waals surface area (Å²) in [6, 6.07) is 19.5. The minimum atomic E-state index is -0.390. The van der Waals surface area contributed by atoms with E-state index in [0.717, 1.165) is 63.2 Å². The van der Waals surface area contributed by atoms with Crippen LogP contribution in [0.5, 0.6) is 5.88 Å². The monoisotopic (exact) mass is 1100 g/mol. The quantitative estimate of drug-likeness (QED) is 0.0757. The van der Waals surface area contributed by atoms with Gasteiger partial charge in [-0.05, 0) is 118 Å². The van der Waals surface area contributed by atoms with Gasteiger partial charge in [0.25, 0.3) is 23.6 Å². The van der Waals surface area contributed by atoms with E-state index < -0.39 is 0 Å². The van der Waals surface area contributed by atoms with E-state index >= 15 is 0 Å². The number of amides is 4. The smallest absolute Gasteiger partial charge is 0.276 e. The molecule has 3 fully saturated rings. The molecule has 3 saturated heterocycles. The Kier molecular flexibility index (Phi) is 14.1. The number of piperidine rings is 1. The lowest BCUT2D eigenvalue weighted by Crippen LogP contribution is -2.58. The van der Waals surface area contributed by atoms with Crippen molar-refractivity contribution in [3.05, 3.63) is 126 Å². The Hall–Kier alpha value is -8.20. The number of nitrogens with one attached hydrogen (secondary N) is 2. The molecule has 20 heteroatoms. The van der Waals surface area contributed by atoms with Crippen molar-refractivity contribution >= 4 is 69.5 Å². The molecule has 1 aliphatic carbocycles. The molecule has 9 heterocycles. The minimum Gasteiger partial charge on any atom is -0.478 e. The number of morpholine rings is 1. The van der Waals surface area contributed by atoms with Gasteiger partial charge in [-0.1, -0.05) is 20.4 Å². The molecule has 0 saturated carbocycles. The molecule has 20 nitrogen and oxygen atoms in total. The first-order chi connectivity index (χ1) is 39.1. The summed E-state index contributed by atoms with van der Waals surface area (Å²) >= 11 is 0. The zero-order chi connectivity index (χ0) is 56.4. The van der Waals surface area contributed by atoms with Gasteiger partial charge in [-0.2, -0.15) is 0 Å². The van der Waals surface area contributed by atoms with Crippen molar-refractivity contribution in [3.8, 4) is 17.1 Å². The molecular weight excluding hydrogens is 1030 g/mol. The van der Waals surface area contributed by atoms with E-state index in [2.05, 4.69) is 90.9 Å². The van der Waals surface area contributed by atoms with Crippen LogP contribution < -0.4 is 39.9 Å². The number of benzene rings is 2. The molecule has 0 spiro atoms. The zero-order valence-corrected chi connectivity index (χ0v) is 46.8. The van der Waals surface area contributed by atoms with Crippen LogP contribution in [0.1, 0.15) is 95.5 Å². The van der Waals surface area contributed by atoms with Crippen molar-refractivity contribution in [3.63, 3.8) is 0 Å². The summed E-state index contributed by atoms with van der Waals surface area (Å²) in [4.78, 5) is 86.1. The molecule has 4 atom stereocenters. The van der Waals surface area contributed by atoms with Gasteiger partial charge in [0.15, 0.2) is 5.82 Å². The van der Waals surface area contributed by atoms with Crippen LogP contribution in [0.25, 0.3) is 11.3 Å². The maximum Gasteiger partial charge on any atom is 0.276 e. The lowest BCUT2D eigenvalue weighted by atomic mass is 9.90. The van der Waals surface area contributed by atoms with E-state index in [-0.39, 0.29) is 59.7 Å². The van der Waals surface area contributed by atoms with Crippen LogP contribution in [0, 0.1) is 5.41 Å². The Morgan fingerprint density at radius 1 is 0.827 bits per heavy atom. The first-order valence-electron chi connectivity index (χ1n) is 28.1. The highest BCUT2D eigenvalue weighted by Gasteiger charge is 2.41. The fourth-order valence-corrected chi connectivity index (χ4v) is 13.2. The second-order valence-corrected chi connectivity index (χ2v) is 23.0. The average molecular weight is 1100 g/mol. The van der Waals surface area contributed by atoms with Crippen molar-refractivity contribution in [2.24, 2.45) is 5.41 Å². The molecule has 4 amide bonds. The van der Waals surface area contributed by atoms with E-state index in [1.165, 1.54) is 29.3 Å². The van der Waals surface area contributed by atoms with Crippen molar-refractivity contribution in [1.82, 2.24) is 29.4 Å². The number of fused-ring (bicyclic) bond motifs is 4. The molecule has 6 aromatic rings. The lowest BCUT2D eigenvalue weighted by Gasteiger charge is -2.48. The van der Waals surface area contributed by atoms with Gasteiger partial charge in [-0.3, -0.25) is 29.0 Å². The van der Waals surface area contributed by atoms with Gasteiger partial charge in [0.1, 0.15) is 17.3 Å². The highest BCUT2D eigenvalue weighted by atomic mass is 16.5. The van der Waals surface area contributed by atoms with Crippen LogP contribution in [0.4, 0.5) is 45.9 Å². The molecule has 2 aromatic carbocycles. The Bertz CT molecular complexity index is 3510. The number of carbonyl (C=O) groups is 4. The second-order valence-electron chi connectivity index (χ2n) is 23.0. The third-order valence-electron chi connectivity index (χ3n) is 17.2. The number of rotatable bonds is 13. The van der Waals surface area contributed by atoms with Crippen LogP contribution in [-0.4, -0.2) is 142 Å². The number of aromatic nitrogens is 5. The van der Waals surface area contributed by atoms with E-state index in [4.69, 9.17) is 14.5 Å². The number of methoxy groups -OCH3 is 1. The lowest BCUT2D eigenvalue weighted by molar-refractivity contribution is -0.111. The summed E-state index contributed by atoms with van der Waals surface area (Å²) in [5.41, 5.74) is 9.03. The number of aliphatic hydroxyl groups excluding tert-OH is 1. The van der Waals surface area contributed by atoms with Gasteiger partial charge in [0.05, 0.1) is 73.1 Å². The number of imide groups is 1. The van der Waals surface area contributed by atoms with Crippen molar-refractivity contribution in [2.75, 3.05) is 94.7 Å². The number of piperazine rings is 1. The molecule has 3 N–H and O–H groups in total. The minimum absolute atomic E-state index is 0.0924. The summed E-state index contributed by atoms with van der Waals surface area (Å²) in [5.74, 6) is 0.454. The standard InChI is InChI=1S/C61H69N13O7/c1-8-54(76)66-48-27-40(65-55-57(80-7)64-32-49(67-55)44-14-17-63-56(47(44)34-75)73-22-21-72-51(60(73)79)26-39-30-61(5,6)31-52(39)72)9-12-50(48)70-20-19-68(33-37(70)3)41-15-18-69(36(2)25-41)42-10-11-45-46(28-42)59(78)74(58(45)77)43-13-16-62-53(29-43)71-23-24-81-35-38(71)4/h8-14,16-17,26-29,32,36-38,41,75H,1,15,18-25,30-31,33-35H2,2-7H3,(H,65,67)(H,66,76)/t36-,37-,38+,41?/m0/s1. The topological polar surface area (TPSA) is 207 Å². The number of carbonyl (C=O) groups excluding carboxylic acids is 4. The van der Waals surface area contributed by atoms with Gasteiger partial charge in [0.2, 0.25) is 5.91 Å². The molecule has 420 valence electrons. The third-order valence-corrected chi connectivity index (χ3v) is 17.2. The van der Waals surface area contributed by atoms with Gasteiger partial charge in [-0.25, -0.2) is 24.8 Å². The molecule has 0 bridgehead atoms. The summed E-state index contributed by atoms with van der Waals surface area (Å²) in [5, 5.41) is 17.3. The molecule has 12 rings (SSSR count). The summed E-state index contributed by atoms with van der Waals surface area (Å²) in [6.45, 7) is 20.4. The largest absolute Gasteiger partial charge is 0.478 e. The fraction of sp³-hybridized carbons (Fsp3) is 0.410. The SMILES string of the molecule is C=CC(=O)Nc1cc(Nc2nc(-c3ccnc(N4CCn5c(cc6c5CC(C)(C)C6)C4=O)c3CO)cnc2OC)ccc1N1CCN(C2CCN(c3ccc4c(c3)C(=O)N(c3ccnc(N5CCOC[C@H]5C)c3)C4=O)[C@@H](C)C2)C[C@@H]1C. The third kappa shape index (κ3) is 9.81. The maximum absolute atomic E-state index is 14.1. The molecule has 6 aliphatic rings. The average Bonchev–Trinajstić information content (AvgIpc) is 4.10. The van der Waals surface area contributed by atoms with E-state index in [1.807, 2.05) is 42.5 Å². The molecular formula is C61H69N13O7. The second kappa shape index (κ2) is 21.4. The normalized spacial score (nSPS) is 21.7. The van der Waals surface area contributed by atoms with Crippen LogP contribution in [0.15, 0.2) is 91.9 Å². The number of hydrogen-bond donors (Lipinski definition) is 3. The van der Waals surface area contributed by atoms with E-state index in [9.17, 15) is 24.3 Å². The summed E-state index contributed by atoms with van der Waals surface area (Å²) < 4.78 is 13.5. The van der Waals surface area contributed by atoms with E-state index in [1.54, 1.807) is 41.7 Å². The van der Waals surface area contributed by atoms with Gasteiger partial charge >= 0.3 is 0 Å². The predicted molar refractivity (Wildman–Crippen MR) is 311 cm³/mol. The number of aliphatic hydroxyl groups is 1.